The van der Waals surface area contributed by atoms with Gasteiger partial charge in [0, 0.05) is 6.54 Å². The lowest BCUT2D eigenvalue weighted by Crippen LogP contribution is -1.96. The first-order valence-electron chi connectivity index (χ1n) is 4.26. The molecule has 0 spiro atoms. The Morgan fingerprint density at radius 3 is 3.15 bits per heavy atom. The van der Waals surface area contributed by atoms with Crippen molar-refractivity contribution >= 4 is 16.8 Å². The molecule has 3 heteroatoms. The third-order valence-electron chi connectivity index (χ3n) is 1.88. The van der Waals surface area contributed by atoms with Crippen molar-refractivity contribution in [2.75, 3.05) is 11.9 Å². The van der Waals surface area contributed by atoms with E-state index in [1.807, 2.05) is 25.1 Å². The van der Waals surface area contributed by atoms with Gasteiger partial charge in [-0.05, 0) is 31.5 Å². The van der Waals surface area contributed by atoms with Gasteiger partial charge in [-0.15, -0.1) is 0 Å². The molecule has 0 bridgehead atoms. The average Bonchev–Trinajstić information content (AvgIpc) is 2.49. The molecule has 1 N–H and O–H groups in total. The normalized spacial score (nSPS) is 10.6. The Labute approximate surface area is 76.7 Å². The molecule has 0 fully saturated rings. The second-order valence-electron chi connectivity index (χ2n) is 2.89. The SMILES string of the molecule is [CH2]c1ccc2onc(NCC)c2c1. The lowest BCUT2D eigenvalue weighted by Gasteiger charge is -1.96. The van der Waals surface area contributed by atoms with E-state index in [1.54, 1.807) is 0 Å². The largest absolute Gasteiger partial charge is 0.367 e. The van der Waals surface area contributed by atoms with Crippen molar-refractivity contribution in [3.05, 3.63) is 30.7 Å². The molecule has 2 rings (SSSR count). The second kappa shape index (κ2) is 3.09. The van der Waals surface area contributed by atoms with Gasteiger partial charge in [-0.1, -0.05) is 11.2 Å². The van der Waals surface area contributed by atoms with Crippen molar-refractivity contribution < 1.29 is 4.52 Å². The van der Waals surface area contributed by atoms with E-state index in [2.05, 4.69) is 17.4 Å². The standard InChI is InChI=1S/C10H11N2O/c1-3-11-10-8-6-7(2)4-5-9(8)13-12-10/h4-6H,2-3H2,1H3,(H,11,12). The zero-order chi connectivity index (χ0) is 9.26. The van der Waals surface area contributed by atoms with Crippen molar-refractivity contribution in [1.29, 1.82) is 0 Å². The third-order valence-corrected chi connectivity index (χ3v) is 1.88. The van der Waals surface area contributed by atoms with Crippen molar-refractivity contribution in [3.8, 4) is 0 Å². The summed E-state index contributed by atoms with van der Waals surface area (Å²) in [6, 6.07) is 5.75. The first-order chi connectivity index (χ1) is 6.31. The molecule has 67 valence electrons. The van der Waals surface area contributed by atoms with E-state index in [0.717, 1.165) is 28.9 Å². The van der Waals surface area contributed by atoms with Crippen molar-refractivity contribution in [1.82, 2.24) is 5.16 Å². The molecule has 0 saturated carbocycles. The highest BCUT2D eigenvalue weighted by atomic mass is 16.5. The van der Waals surface area contributed by atoms with E-state index < -0.39 is 0 Å². The molecule has 13 heavy (non-hydrogen) atoms. The Morgan fingerprint density at radius 2 is 2.38 bits per heavy atom. The minimum Gasteiger partial charge on any atom is -0.367 e. The summed E-state index contributed by atoms with van der Waals surface area (Å²) in [6.45, 7) is 6.71. The van der Waals surface area contributed by atoms with E-state index in [9.17, 15) is 0 Å². The molecule has 0 saturated heterocycles. The number of benzene rings is 1. The molecule has 0 aliphatic rings. The lowest BCUT2D eigenvalue weighted by atomic mass is 10.2. The first-order valence-corrected chi connectivity index (χ1v) is 4.26. The molecular weight excluding hydrogens is 164 g/mol. The number of nitrogens with one attached hydrogen (secondary N) is 1. The average molecular weight is 175 g/mol. The maximum atomic E-state index is 5.12. The fourth-order valence-electron chi connectivity index (χ4n) is 1.28. The van der Waals surface area contributed by atoms with Gasteiger partial charge in [-0.3, -0.25) is 0 Å². The fraction of sp³-hybridized carbons (Fsp3) is 0.200. The van der Waals surface area contributed by atoms with Crippen LogP contribution in [0.4, 0.5) is 5.82 Å². The molecule has 1 aromatic heterocycles. The molecule has 0 aliphatic carbocycles. The van der Waals surface area contributed by atoms with Crippen LogP contribution in [0.25, 0.3) is 11.0 Å². The summed E-state index contributed by atoms with van der Waals surface area (Å²) in [5.41, 5.74) is 1.76. The maximum Gasteiger partial charge on any atom is 0.177 e. The number of nitrogens with zero attached hydrogens (tertiary/aromatic N) is 1. The Morgan fingerprint density at radius 1 is 1.54 bits per heavy atom. The monoisotopic (exact) mass is 175 g/mol. The number of hydrogen-bond acceptors (Lipinski definition) is 3. The summed E-state index contributed by atoms with van der Waals surface area (Å²) in [4.78, 5) is 0. The summed E-state index contributed by atoms with van der Waals surface area (Å²) in [5.74, 6) is 0.794. The van der Waals surface area contributed by atoms with Gasteiger partial charge in [0.05, 0.1) is 5.39 Å². The Hall–Kier alpha value is -1.51. The molecular formula is C10H11N2O. The van der Waals surface area contributed by atoms with Crippen LogP contribution in [0.1, 0.15) is 12.5 Å². The highest BCUT2D eigenvalue weighted by Gasteiger charge is 2.05. The number of hydrogen-bond donors (Lipinski definition) is 1. The zero-order valence-corrected chi connectivity index (χ0v) is 7.50. The quantitative estimate of drug-likeness (QED) is 0.761. The zero-order valence-electron chi connectivity index (χ0n) is 7.50. The van der Waals surface area contributed by atoms with Gasteiger partial charge in [0.2, 0.25) is 0 Å². The van der Waals surface area contributed by atoms with Crippen molar-refractivity contribution in [2.45, 2.75) is 6.92 Å². The number of fused-ring (bicyclic) bond motifs is 1. The molecule has 0 amide bonds. The smallest absolute Gasteiger partial charge is 0.177 e. The summed E-state index contributed by atoms with van der Waals surface area (Å²) in [5, 5.41) is 8.03. The number of rotatable bonds is 2. The van der Waals surface area contributed by atoms with Gasteiger partial charge in [-0.25, -0.2) is 0 Å². The van der Waals surface area contributed by atoms with Crippen LogP contribution in [0.3, 0.4) is 0 Å². The number of aromatic nitrogens is 1. The van der Waals surface area contributed by atoms with Gasteiger partial charge in [-0.2, -0.15) is 0 Å². The van der Waals surface area contributed by atoms with Crippen LogP contribution in [0.5, 0.6) is 0 Å². The third kappa shape index (κ3) is 1.37. The minimum atomic E-state index is 0.794. The van der Waals surface area contributed by atoms with Crippen LogP contribution in [-0.4, -0.2) is 11.7 Å². The molecule has 0 atom stereocenters. The predicted octanol–water partition coefficient (Wildman–Crippen LogP) is 2.44. The van der Waals surface area contributed by atoms with E-state index in [1.165, 1.54) is 0 Å². The minimum absolute atomic E-state index is 0.794. The summed E-state index contributed by atoms with van der Waals surface area (Å²) >= 11 is 0. The summed E-state index contributed by atoms with van der Waals surface area (Å²) in [6.07, 6.45) is 0. The van der Waals surface area contributed by atoms with E-state index in [-0.39, 0.29) is 0 Å². The van der Waals surface area contributed by atoms with Gasteiger partial charge >= 0.3 is 0 Å². The van der Waals surface area contributed by atoms with Gasteiger partial charge < -0.3 is 9.84 Å². The topological polar surface area (TPSA) is 38.1 Å². The lowest BCUT2D eigenvalue weighted by molar-refractivity contribution is 0.459. The molecule has 0 unspecified atom stereocenters. The van der Waals surface area contributed by atoms with E-state index in [4.69, 9.17) is 4.52 Å². The molecule has 1 heterocycles. The maximum absolute atomic E-state index is 5.12. The fourth-order valence-corrected chi connectivity index (χ4v) is 1.28. The second-order valence-corrected chi connectivity index (χ2v) is 2.89. The van der Waals surface area contributed by atoms with Crippen LogP contribution in [0, 0.1) is 6.92 Å². The van der Waals surface area contributed by atoms with Gasteiger partial charge in [0.1, 0.15) is 0 Å². The summed E-state index contributed by atoms with van der Waals surface area (Å²) in [7, 11) is 0. The molecule has 0 aliphatic heterocycles. The van der Waals surface area contributed by atoms with Crippen LogP contribution in [0.2, 0.25) is 0 Å². The molecule has 2 aromatic rings. The predicted molar refractivity (Wildman–Crippen MR) is 52.6 cm³/mol. The highest BCUT2D eigenvalue weighted by molar-refractivity contribution is 5.88. The Balaban J connectivity index is 2.58. The summed E-state index contributed by atoms with van der Waals surface area (Å²) < 4.78 is 5.12. The van der Waals surface area contributed by atoms with E-state index in [0.29, 0.717) is 0 Å². The number of anilines is 1. The van der Waals surface area contributed by atoms with E-state index >= 15 is 0 Å². The Bertz CT molecular complexity index is 420. The molecule has 3 nitrogen and oxygen atoms in total. The van der Waals surface area contributed by atoms with Crippen molar-refractivity contribution in [3.63, 3.8) is 0 Å². The van der Waals surface area contributed by atoms with Crippen LogP contribution in [-0.2, 0) is 0 Å². The van der Waals surface area contributed by atoms with Crippen LogP contribution in [0.15, 0.2) is 22.7 Å². The first kappa shape index (κ1) is 8.10. The molecule has 1 radical (unpaired) electrons. The van der Waals surface area contributed by atoms with Crippen LogP contribution >= 0.6 is 0 Å². The van der Waals surface area contributed by atoms with Crippen LogP contribution < -0.4 is 5.32 Å². The van der Waals surface area contributed by atoms with Gasteiger partial charge in [0.25, 0.3) is 0 Å². The highest BCUT2D eigenvalue weighted by Crippen LogP contribution is 2.23. The van der Waals surface area contributed by atoms with Crippen molar-refractivity contribution in [2.24, 2.45) is 0 Å². The Kier molecular flexibility index (Phi) is 1.93. The molecule has 1 aromatic carbocycles. The van der Waals surface area contributed by atoms with Gasteiger partial charge in [0.15, 0.2) is 11.4 Å².